The molecule has 0 unspecified atom stereocenters. The topological polar surface area (TPSA) is 51.1 Å². The first-order valence-electron chi connectivity index (χ1n) is 6.64. The summed E-state index contributed by atoms with van der Waals surface area (Å²) in [6.07, 6.45) is 0. The van der Waals surface area contributed by atoms with Crippen molar-refractivity contribution in [1.29, 1.82) is 0 Å². The second kappa shape index (κ2) is 5.25. The van der Waals surface area contributed by atoms with Crippen LogP contribution in [0.2, 0.25) is 0 Å². The minimum atomic E-state index is -0.648. The minimum Gasteiger partial charge on any atom is -0.283 e. The Morgan fingerprint density at radius 2 is 1.62 bits per heavy atom. The highest BCUT2D eigenvalue weighted by atomic mass is 16.2. The molecular formula is C17H14N2O2. The molecule has 0 aliphatic heterocycles. The third-order valence-corrected chi connectivity index (χ3v) is 3.35. The molecule has 0 spiro atoms. The maximum Gasteiger partial charge on any atom is 0.311 e. The van der Waals surface area contributed by atoms with Crippen molar-refractivity contribution in [3.8, 4) is 0 Å². The Morgan fingerprint density at radius 1 is 0.952 bits per heavy atom. The quantitative estimate of drug-likeness (QED) is 0.591. The molecule has 0 aliphatic rings. The summed E-state index contributed by atoms with van der Waals surface area (Å²) in [6.45, 7) is 1.88. The van der Waals surface area contributed by atoms with Crippen molar-refractivity contribution in [1.82, 2.24) is 4.68 Å². The molecule has 3 aromatic rings. The molecule has 21 heavy (non-hydrogen) atoms. The molecule has 104 valence electrons. The number of para-hydroxylation sites is 1. The number of amides is 1. The van der Waals surface area contributed by atoms with Crippen LogP contribution in [0.25, 0.3) is 10.9 Å². The average Bonchev–Trinajstić information content (AvgIpc) is 2.83. The number of hydrogen-bond donors (Lipinski definition) is 1. The van der Waals surface area contributed by atoms with Gasteiger partial charge in [-0.05, 0) is 19.1 Å². The Balaban J connectivity index is 1.90. The summed E-state index contributed by atoms with van der Waals surface area (Å²) < 4.78 is 1.64. The first kappa shape index (κ1) is 13.1. The van der Waals surface area contributed by atoms with E-state index in [1.807, 2.05) is 37.3 Å². The zero-order valence-electron chi connectivity index (χ0n) is 11.5. The number of Topliss-reactive ketones (excluding diaryl/α,β-unsaturated/α-hetero) is 1. The van der Waals surface area contributed by atoms with Crippen LogP contribution < -0.4 is 5.43 Å². The van der Waals surface area contributed by atoms with E-state index in [9.17, 15) is 9.59 Å². The molecule has 0 bridgehead atoms. The van der Waals surface area contributed by atoms with Gasteiger partial charge in [-0.2, -0.15) is 0 Å². The average molecular weight is 278 g/mol. The molecule has 4 heteroatoms. The van der Waals surface area contributed by atoms with Crippen molar-refractivity contribution < 1.29 is 9.59 Å². The Kier molecular flexibility index (Phi) is 3.28. The van der Waals surface area contributed by atoms with E-state index in [1.165, 1.54) is 0 Å². The fourth-order valence-corrected chi connectivity index (χ4v) is 2.31. The van der Waals surface area contributed by atoms with Gasteiger partial charge < -0.3 is 0 Å². The Bertz CT molecular complexity index is 819. The molecule has 0 aliphatic carbocycles. The first-order chi connectivity index (χ1) is 10.2. The van der Waals surface area contributed by atoms with Crippen molar-refractivity contribution in [3.63, 3.8) is 0 Å². The van der Waals surface area contributed by atoms with Gasteiger partial charge in [0.1, 0.15) is 0 Å². The van der Waals surface area contributed by atoms with Crippen LogP contribution in [0.5, 0.6) is 0 Å². The highest BCUT2D eigenvalue weighted by molar-refractivity contribution is 6.45. The summed E-state index contributed by atoms with van der Waals surface area (Å²) in [7, 11) is 0. The Labute approximate surface area is 122 Å². The lowest BCUT2D eigenvalue weighted by Crippen LogP contribution is -2.30. The third-order valence-electron chi connectivity index (χ3n) is 3.35. The standard InChI is InChI=1S/C17H14N2O2/c1-12-11-14-9-5-6-10-15(14)19(12)18-17(21)16(20)13-7-3-2-4-8-13/h2-11H,1H3,(H,18,21). The number of aryl methyl sites for hydroxylation is 1. The summed E-state index contributed by atoms with van der Waals surface area (Å²) in [6, 6.07) is 18.2. The Hall–Kier alpha value is -2.88. The summed E-state index contributed by atoms with van der Waals surface area (Å²) in [5, 5.41) is 1.02. The lowest BCUT2D eigenvalue weighted by molar-refractivity contribution is -0.113. The van der Waals surface area contributed by atoms with Crippen LogP contribution in [0.15, 0.2) is 60.7 Å². The number of carbonyl (C=O) groups is 2. The normalized spacial score (nSPS) is 10.5. The molecule has 3 rings (SSSR count). The van der Waals surface area contributed by atoms with Crippen LogP contribution in [-0.4, -0.2) is 16.4 Å². The van der Waals surface area contributed by atoms with E-state index in [4.69, 9.17) is 0 Å². The number of rotatable bonds is 3. The number of nitrogens with one attached hydrogen (secondary N) is 1. The minimum absolute atomic E-state index is 0.379. The lowest BCUT2D eigenvalue weighted by atomic mass is 10.1. The lowest BCUT2D eigenvalue weighted by Gasteiger charge is -2.09. The molecule has 0 fully saturated rings. The van der Waals surface area contributed by atoms with Crippen LogP contribution in [-0.2, 0) is 4.79 Å². The predicted molar refractivity (Wildman–Crippen MR) is 81.8 cm³/mol. The molecule has 1 heterocycles. The van der Waals surface area contributed by atoms with Gasteiger partial charge >= 0.3 is 5.91 Å². The molecule has 0 radical (unpaired) electrons. The van der Waals surface area contributed by atoms with Gasteiger partial charge in [-0.3, -0.25) is 19.7 Å². The molecule has 2 aromatic carbocycles. The molecule has 0 saturated carbocycles. The van der Waals surface area contributed by atoms with Crippen LogP contribution in [0.1, 0.15) is 16.1 Å². The van der Waals surface area contributed by atoms with Gasteiger partial charge in [-0.25, -0.2) is 0 Å². The van der Waals surface area contributed by atoms with Crippen molar-refractivity contribution in [2.75, 3.05) is 5.43 Å². The maximum atomic E-state index is 12.1. The molecule has 0 saturated heterocycles. The van der Waals surface area contributed by atoms with Crippen LogP contribution in [0, 0.1) is 6.92 Å². The molecule has 1 amide bonds. The predicted octanol–water partition coefficient (Wildman–Crippen LogP) is 2.90. The summed E-state index contributed by atoms with van der Waals surface area (Å²) in [4.78, 5) is 24.2. The number of nitrogens with zero attached hydrogens (tertiary/aromatic N) is 1. The van der Waals surface area contributed by atoms with Gasteiger partial charge in [0.15, 0.2) is 0 Å². The molecule has 1 N–H and O–H groups in total. The molecule has 0 atom stereocenters. The van der Waals surface area contributed by atoms with E-state index in [1.54, 1.807) is 35.0 Å². The van der Waals surface area contributed by atoms with Crippen LogP contribution in [0.4, 0.5) is 0 Å². The van der Waals surface area contributed by atoms with Crippen LogP contribution in [0.3, 0.4) is 0 Å². The van der Waals surface area contributed by atoms with Gasteiger partial charge in [0.25, 0.3) is 5.78 Å². The zero-order valence-corrected chi connectivity index (χ0v) is 11.5. The van der Waals surface area contributed by atoms with E-state index < -0.39 is 11.7 Å². The van der Waals surface area contributed by atoms with E-state index in [0.29, 0.717) is 5.56 Å². The smallest absolute Gasteiger partial charge is 0.283 e. The number of ketones is 1. The number of benzene rings is 2. The van der Waals surface area contributed by atoms with Gasteiger partial charge in [0.05, 0.1) is 5.52 Å². The molecule has 4 nitrogen and oxygen atoms in total. The highest BCUT2D eigenvalue weighted by Gasteiger charge is 2.17. The number of hydrogen-bond acceptors (Lipinski definition) is 2. The van der Waals surface area contributed by atoms with Gasteiger partial charge in [0, 0.05) is 16.6 Å². The fourth-order valence-electron chi connectivity index (χ4n) is 2.31. The van der Waals surface area contributed by atoms with Crippen molar-refractivity contribution >= 4 is 22.6 Å². The first-order valence-corrected chi connectivity index (χ1v) is 6.64. The Morgan fingerprint density at radius 3 is 2.38 bits per heavy atom. The fraction of sp³-hybridized carbons (Fsp3) is 0.0588. The largest absolute Gasteiger partial charge is 0.311 e. The SMILES string of the molecule is Cc1cc2ccccc2n1NC(=O)C(=O)c1ccccc1. The number of aromatic nitrogens is 1. The van der Waals surface area contributed by atoms with Gasteiger partial charge in [-0.15, -0.1) is 0 Å². The summed E-state index contributed by atoms with van der Waals surface area (Å²) in [5.41, 5.74) is 4.77. The summed E-state index contributed by atoms with van der Waals surface area (Å²) in [5.74, 6) is -1.20. The number of fused-ring (bicyclic) bond motifs is 1. The van der Waals surface area contributed by atoms with Crippen molar-refractivity contribution in [2.24, 2.45) is 0 Å². The van der Waals surface area contributed by atoms with E-state index in [2.05, 4.69) is 5.43 Å². The number of carbonyl (C=O) groups excluding carboxylic acids is 2. The molecule has 1 aromatic heterocycles. The van der Waals surface area contributed by atoms with Crippen molar-refractivity contribution in [2.45, 2.75) is 6.92 Å². The van der Waals surface area contributed by atoms with E-state index >= 15 is 0 Å². The second-order valence-corrected chi connectivity index (χ2v) is 4.82. The van der Waals surface area contributed by atoms with Gasteiger partial charge in [-0.1, -0.05) is 48.5 Å². The highest BCUT2D eigenvalue weighted by Crippen LogP contribution is 2.17. The van der Waals surface area contributed by atoms with Crippen molar-refractivity contribution in [3.05, 3.63) is 71.9 Å². The monoisotopic (exact) mass is 278 g/mol. The van der Waals surface area contributed by atoms with Crippen LogP contribution >= 0.6 is 0 Å². The maximum absolute atomic E-state index is 12.1. The second-order valence-electron chi connectivity index (χ2n) is 4.82. The van der Waals surface area contributed by atoms with Gasteiger partial charge in [0.2, 0.25) is 0 Å². The summed E-state index contributed by atoms with van der Waals surface area (Å²) >= 11 is 0. The molecular weight excluding hydrogens is 264 g/mol. The van der Waals surface area contributed by atoms with E-state index in [0.717, 1.165) is 16.6 Å². The zero-order chi connectivity index (χ0) is 14.8. The third kappa shape index (κ3) is 2.43. The van der Waals surface area contributed by atoms with E-state index in [-0.39, 0.29) is 0 Å².